The van der Waals surface area contributed by atoms with E-state index < -0.39 is 11.8 Å². The Balaban J connectivity index is 1.76. The summed E-state index contributed by atoms with van der Waals surface area (Å²) in [4.78, 5) is 39.3. The lowest BCUT2D eigenvalue weighted by Crippen LogP contribution is -2.33. The number of imide groups is 1. The molecule has 0 spiro atoms. The molecule has 0 unspecified atom stereocenters. The van der Waals surface area contributed by atoms with Crippen LogP contribution in [0.1, 0.15) is 18.1 Å². The zero-order chi connectivity index (χ0) is 22.8. The summed E-state index contributed by atoms with van der Waals surface area (Å²) < 4.78 is 0. The van der Waals surface area contributed by atoms with Crippen molar-refractivity contribution in [2.75, 3.05) is 15.5 Å². The van der Waals surface area contributed by atoms with Gasteiger partial charge < -0.3 is 10.6 Å². The number of anilines is 3. The highest BCUT2D eigenvalue weighted by Crippen LogP contribution is 2.35. The van der Waals surface area contributed by atoms with Gasteiger partial charge in [0.25, 0.3) is 11.8 Å². The number of amides is 3. The van der Waals surface area contributed by atoms with Crippen molar-refractivity contribution in [3.63, 3.8) is 0 Å². The largest absolute Gasteiger partial charge is 0.350 e. The van der Waals surface area contributed by atoms with Gasteiger partial charge in [-0.3, -0.25) is 14.4 Å². The van der Waals surface area contributed by atoms with E-state index in [1.54, 1.807) is 60.7 Å². The molecule has 1 aliphatic rings. The van der Waals surface area contributed by atoms with Gasteiger partial charge in [-0.2, -0.15) is 0 Å². The number of carbonyl (C=O) groups excluding carboxylic acids is 3. The molecule has 2 N–H and O–H groups in total. The summed E-state index contributed by atoms with van der Waals surface area (Å²) in [6.07, 6.45) is 0. The molecule has 0 radical (unpaired) electrons. The molecule has 0 saturated heterocycles. The van der Waals surface area contributed by atoms with Crippen LogP contribution in [-0.4, -0.2) is 17.7 Å². The van der Waals surface area contributed by atoms with E-state index in [-0.39, 0.29) is 17.2 Å². The monoisotopic (exact) mass is 445 g/mol. The lowest BCUT2D eigenvalue weighted by atomic mass is 10.0. The van der Waals surface area contributed by atoms with Crippen molar-refractivity contribution in [3.8, 4) is 0 Å². The van der Waals surface area contributed by atoms with Gasteiger partial charge in [0, 0.05) is 23.3 Å². The first-order chi connectivity index (χ1) is 15.3. The minimum atomic E-state index is -0.444. The third-order valence-electron chi connectivity index (χ3n) is 5.05. The van der Waals surface area contributed by atoms with Crippen molar-refractivity contribution in [2.24, 2.45) is 0 Å². The number of nitrogens with one attached hydrogen (secondary N) is 2. The minimum Gasteiger partial charge on any atom is -0.350 e. The van der Waals surface area contributed by atoms with E-state index in [2.05, 4.69) is 10.6 Å². The van der Waals surface area contributed by atoms with Crippen molar-refractivity contribution in [2.45, 2.75) is 13.8 Å². The molecule has 1 heterocycles. The molecule has 6 nitrogen and oxygen atoms in total. The number of benzene rings is 3. The van der Waals surface area contributed by atoms with Gasteiger partial charge in [-0.1, -0.05) is 41.9 Å². The summed E-state index contributed by atoms with van der Waals surface area (Å²) >= 11 is 6.02. The molecule has 0 bridgehead atoms. The lowest BCUT2D eigenvalue weighted by molar-refractivity contribution is -0.120. The van der Waals surface area contributed by atoms with Gasteiger partial charge in [-0.25, -0.2) is 4.90 Å². The molecule has 3 amide bonds. The summed E-state index contributed by atoms with van der Waals surface area (Å²) in [5.74, 6) is -1.03. The van der Waals surface area contributed by atoms with Crippen molar-refractivity contribution in [3.05, 3.63) is 94.6 Å². The molecule has 7 heteroatoms. The maximum Gasteiger partial charge on any atom is 0.282 e. The van der Waals surface area contributed by atoms with E-state index in [1.807, 2.05) is 19.1 Å². The van der Waals surface area contributed by atoms with Crippen LogP contribution in [0.3, 0.4) is 0 Å². The predicted octanol–water partition coefficient (Wildman–Crippen LogP) is 5.00. The summed E-state index contributed by atoms with van der Waals surface area (Å²) in [5.41, 5.74) is 3.60. The van der Waals surface area contributed by atoms with Crippen LogP contribution in [0.15, 0.2) is 78.5 Å². The lowest BCUT2D eigenvalue weighted by Gasteiger charge is -2.17. The van der Waals surface area contributed by atoms with Gasteiger partial charge >= 0.3 is 0 Å². The molecular formula is C25H20ClN3O3. The topological polar surface area (TPSA) is 78.5 Å². The van der Waals surface area contributed by atoms with E-state index in [0.717, 1.165) is 5.56 Å². The normalized spacial score (nSPS) is 13.5. The fourth-order valence-corrected chi connectivity index (χ4v) is 3.67. The second-order valence-corrected chi connectivity index (χ2v) is 7.81. The second-order valence-electron chi connectivity index (χ2n) is 7.37. The van der Waals surface area contributed by atoms with E-state index in [0.29, 0.717) is 27.6 Å². The van der Waals surface area contributed by atoms with Crippen molar-refractivity contribution >= 4 is 52.0 Å². The Kier molecular flexibility index (Phi) is 5.79. The molecule has 0 atom stereocenters. The fourth-order valence-electron chi connectivity index (χ4n) is 3.55. The Labute approximate surface area is 190 Å². The van der Waals surface area contributed by atoms with Crippen molar-refractivity contribution < 1.29 is 14.4 Å². The highest BCUT2D eigenvalue weighted by atomic mass is 35.5. The first-order valence-electron chi connectivity index (χ1n) is 9.94. The molecule has 0 fully saturated rings. The highest BCUT2D eigenvalue weighted by Gasteiger charge is 2.40. The van der Waals surface area contributed by atoms with Gasteiger partial charge in [0.1, 0.15) is 5.70 Å². The number of hydrogen-bond donors (Lipinski definition) is 2. The van der Waals surface area contributed by atoms with Gasteiger partial charge in [0.15, 0.2) is 0 Å². The third kappa shape index (κ3) is 4.13. The van der Waals surface area contributed by atoms with Crippen LogP contribution in [0, 0.1) is 6.92 Å². The Morgan fingerprint density at radius 1 is 0.844 bits per heavy atom. The Hall–Kier alpha value is -3.90. The summed E-state index contributed by atoms with van der Waals surface area (Å²) in [5, 5.41) is 6.33. The Bertz CT molecular complexity index is 1250. The van der Waals surface area contributed by atoms with Gasteiger partial charge in [-0.05, 0) is 60.5 Å². The molecule has 0 aromatic heterocycles. The van der Waals surface area contributed by atoms with E-state index in [1.165, 1.54) is 11.8 Å². The van der Waals surface area contributed by atoms with Crippen LogP contribution in [0.25, 0.3) is 5.57 Å². The standard InChI is InChI=1S/C25H20ClN3O3/c1-15-5-3-4-6-21(15)29-24(31)22(17-7-9-18(26)10-8-17)23(25(29)32)28-20-13-11-19(12-14-20)27-16(2)30/h3-14,28H,1-2H3,(H,27,30). The fraction of sp³-hybridized carbons (Fsp3) is 0.0800. The number of para-hydroxylation sites is 1. The third-order valence-corrected chi connectivity index (χ3v) is 5.30. The number of hydrogen-bond acceptors (Lipinski definition) is 4. The average Bonchev–Trinajstić information content (AvgIpc) is 3.00. The van der Waals surface area contributed by atoms with Crippen LogP contribution in [-0.2, 0) is 14.4 Å². The van der Waals surface area contributed by atoms with Gasteiger partial charge in [0.05, 0.1) is 11.3 Å². The quantitative estimate of drug-likeness (QED) is 0.541. The first kappa shape index (κ1) is 21.3. The van der Waals surface area contributed by atoms with Crippen LogP contribution in [0.2, 0.25) is 5.02 Å². The number of aryl methyl sites for hydroxylation is 1. The van der Waals surface area contributed by atoms with E-state index in [9.17, 15) is 14.4 Å². The molecule has 1 aliphatic heterocycles. The second kappa shape index (κ2) is 8.69. The van der Waals surface area contributed by atoms with Crippen LogP contribution in [0.5, 0.6) is 0 Å². The molecule has 3 aromatic carbocycles. The van der Waals surface area contributed by atoms with E-state index in [4.69, 9.17) is 11.6 Å². The molecule has 160 valence electrons. The maximum absolute atomic E-state index is 13.5. The molecular weight excluding hydrogens is 426 g/mol. The molecule has 0 saturated carbocycles. The minimum absolute atomic E-state index is 0.174. The summed E-state index contributed by atoms with van der Waals surface area (Å²) in [6, 6.07) is 20.9. The Morgan fingerprint density at radius 2 is 1.47 bits per heavy atom. The number of rotatable bonds is 5. The number of nitrogens with zero attached hydrogens (tertiary/aromatic N) is 1. The van der Waals surface area contributed by atoms with Gasteiger partial charge in [0.2, 0.25) is 5.91 Å². The molecule has 3 aromatic rings. The Morgan fingerprint density at radius 3 is 2.09 bits per heavy atom. The smallest absolute Gasteiger partial charge is 0.282 e. The number of carbonyl (C=O) groups is 3. The molecule has 0 aliphatic carbocycles. The summed E-state index contributed by atoms with van der Waals surface area (Å²) in [7, 11) is 0. The first-order valence-corrected chi connectivity index (χ1v) is 10.3. The molecule has 32 heavy (non-hydrogen) atoms. The van der Waals surface area contributed by atoms with Crippen LogP contribution in [0.4, 0.5) is 17.1 Å². The maximum atomic E-state index is 13.5. The van der Waals surface area contributed by atoms with E-state index >= 15 is 0 Å². The highest BCUT2D eigenvalue weighted by molar-refractivity contribution is 6.46. The van der Waals surface area contributed by atoms with Crippen molar-refractivity contribution in [1.82, 2.24) is 0 Å². The van der Waals surface area contributed by atoms with Crippen LogP contribution >= 0.6 is 11.6 Å². The predicted molar refractivity (Wildman–Crippen MR) is 126 cm³/mol. The SMILES string of the molecule is CC(=O)Nc1ccc(NC2=C(c3ccc(Cl)cc3)C(=O)N(c3ccccc3C)C2=O)cc1. The zero-order valence-electron chi connectivity index (χ0n) is 17.5. The number of halogens is 1. The average molecular weight is 446 g/mol. The zero-order valence-corrected chi connectivity index (χ0v) is 18.2. The van der Waals surface area contributed by atoms with Crippen LogP contribution < -0.4 is 15.5 Å². The summed E-state index contributed by atoms with van der Waals surface area (Å²) in [6.45, 7) is 3.28. The van der Waals surface area contributed by atoms with Gasteiger partial charge in [-0.15, -0.1) is 0 Å². The van der Waals surface area contributed by atoms with Crippen molar-refractivity contribution in [1.29, 1.82) is 0 Å². The molecule has 4 rings (SSSR count).